The Morgan fingerprint density at radius 2 is 1.81 bits per heavy atom. The van der Waals surface area contributed by atoms with Gasteiger partial charge in [0, 0.05) is 11.6 Å². The molecule has 1 N–H and O–H groups in total. The Morgan fingerprint density at radius 1 is 1.19 bits per heavy atom. The van der Waals surface area contributed by atoms with E-state index in [2.05, 4.69) is 18.7 Å². The van der Waals surface area contributed by atoms with E-state index < -0.39 is 5.97 Å². The van der Waals surface area contributed by atoms with Crippen molar-refractivity contribution in [3.8, 4) is 0 Å². The van der Waals surface area contributed by atoms with Gasteiger partial charge in [-0.2, -0.15) is 0 Å². The summed E-state index contributed by atoms with van der Waals surface area (Å²) in [4.78, 5) is 13.8. The van der Waals surface area contributed by atoms with E-state index in [1.807, 2.05) is 0 Å². The molecule has 1 aliphatic carbocycles. The third-order valence-corrected chi connectivity index (χ3v) is 4.55. The molecule has 0 aromatic carbocycles. The summed E-state index contributed by atoms with van der Waals surface area (Å²) in [7, 11) is 0. The summed E-state index contributed by atoms with van der Waals surface area (Å²) in [5.74, 6) is -0.811. The maximum Gasteiger partial charge on any atom is 0.308 e. The zero-order valence-electron chi connectivity index (χ0n) is 10.4. The number of rotatable bonds is 2. The molecule has 2 rings (SSSR count). The van der Waals surface area contributed by atoms with Crippen LogP contribution < -0.4 is 0 Å². The molecule has 0 aromatic heterocycles. The lowest BCUT2D eigenvalue weighted by Gasteiger charge is -2.49. The number of piperidine rings is 1. The summed E-state index contributed by atoms with van der Waals surface area (Å²) < 4.78 is 0. The predicted octanol–water partition coefficient (Wildman–Crippen LogP) is 2.50. The number of likely N-dealkylation sites (tertiary alicyclic amines) is 1. The van der Waals surface area contributed by atoms with Crippen molar-refractivity contribution in [2.45, 2.75) is 64.0 Å². The first kappa shape index (κ1) is 11.9. The molecule has 1 saturated heterocycles. The topological polar surface area (TPSA) is 40.5 Å². The van der Waals surface area contributed by atoms with Crippen molar-refractivity contribution in [2.24, 2.45) is 5.92 Å². The van der Waals surface area contributed by atoms with Gasteiger partial charge in [-0.25, -0.2) is 0 Å². The highest BCUT2D eigenvalue weighted by molar-refractivity contribution is 5.71. The number of carboxylic acid groups (broad SMARTS) is 1. The van der Waals surface area contributed by atoms with E-state index >= 15 is 0 Å². The number of carbonyl (C=O) groups is 1. The van der Waals surface area contributed by atoms with Gasteiger partial charge in [-0.1, -0.05) is 12.8 Å². The number of hydrogen-bond donors (Lipinski definition) is 1. The van der Waals surface area contributed by atoms with E-state index in [-0.39, 0.29) is 11.5 Å². The average molecular weight is 225 g/mol. The third-order valence-electron chi connectivity index (χ3n) is 4.55. The molecule has 2 fully saturated rings. The van der Waals surface area contributed by atoms with Crippen LogP contribution in [0.2, 0.25) is 0 Å². The van der Waals surface area contributed by atoms with Gasteiger partial charge in [0.25, 0.3) is 0 Å². The van der Waals surface area contributed by atoms with Crippen LogP contribution in [0.5, 0.6) is 0 Å². The van der Waals surface area contributed by atoms with E-state index in [9.17, 15) is 9.90 Å². The zero-order chi connectivity index (χ0) is 11.8. The summed E-state index contributed by atoms with van der Waals surface area (Å²) in [6, 6.07) is 0.636. The molecule has 92 valence electrons. The summed E-state index contributed by atoms with van der Waals surface area (Å²) in [6.07, 6.45) is 7.03. The summed E-state index contributed by atoms with van der Waals surface area (Å²) in [6.45, 7) is 5.31. The molecule has 3 nitrogen and oxygen atoms in total. The molecule has 1 unspecified atom stereocenters. The molecular weight excluding hydrogens is 202 g/mol. The van der Waals surface area contributed by atoms with Gasteiger partial charge in [-0.15, -0.1) is 0 Å². The zero-order valence-corrected chi connectivity index (χ0v) is 10.4. The molecule has 16 heavy (non-hydrogen) atoms. The van der Waals surface area contributed by atoms with E-state index in [1.165, 1.54) is 25.7 Å². The minimum Gasteiger partial charge on any atom is -0.481 e. The Hall–Kier alpha value is -0.570. The summed E-state index contributed by atoms with van der Waals surface area (Å²) >= 11 is 0. The first-order chi connectivity index (χ1) is 7.53. The van der Waals surface area contributed by atoms with Gasteiger partial charge in [-0.05, 0) is 46.1 Å². The minimum absolute atomic E-state index is 0.168. The van der Waals surface area contributed by atoms with Crippen molar-refractivity contribution in [2.75, 3.05) is 6.54 Å². The Kier molecular flexibility index (Phi) is 3.24. The van der Waals surface area contributed by atoms with E-state index in [0.717, 1.165) is 19.4 Å². The van der Waals surface area contributed by atoms with Crippen molar-refractivity contribution in [1.82, 2.24) is 4.90 Å². The predicted molar refractivity (Wildman–Crippen MR) is 63.4 cm³/mol. The fourth-order valence-corrected chi connectivity index (χ4v) is 3.60. The fraction of sp³-hybridized carbons (Fsp3) is 0.923. The van der Waals surface area contributed by atoms with Crippen molar-refractivity contribution in [3.63, 3.8) is 0 Å². The van der Waals surface area contributed by atoms with Crippen LogP contribution in [-0.2, 0) is 4.79 Å². The quantitative estimate of drug-likeness (QED) is 0.785. The largest absolute Gasteiger partial charge is 0.481 e. The van der Waals surface area contributed by atoms with E-state index in [1.54, 1.807) is 0 Å². The minimum atomic E-state index is -0.618. The number of carboxylic acids is 1. The average Bonchev–Trinajstić information content (AvgIpc) is 2.68. The fourth-order valence-electron chi connectivity index (χ4n) is 3.60. The Balaban J connectivity index is 2.14. The highest BCUT2D eigenvalue weighted by atomic mass is 16.4. The van der Waals surface area contributed by atoms with Gasteiger partial charge < -0.3 is 5.11 Å². The Labute approximate surface area is 97.8 Å². The van der Waals surface area contributed by atoms with Gasteiger partial charge in [0.1, 0.15) is 0 Å². The number of hydrogen-bond acceptors (Lipinski definition) is 2. The van der Waals surface area contributed by atoms with Crippen LogP contribution in [0.15, 0.2) is 0 Å². The molecular formula is C13H23NO2. The van der Waals surface area contributed by atoms with Gasteiger partial charge >= 0.3 is 5.97 Å². The Morgan fingerprint density at radius 3 is 2.38 bits per heavy atom. The van der Waals surface area contributed by atoms with E-state index in [4.69, 9.17) is 0 Å². The highest BCUT2D eigenvalue weighted by Gasteiger charge is 2.45. The van der Waals surface area contributed by atoms with Crippen LogP contribution in [0, 0.1) is 5.92 Å². The summed E-state index contributed by atoms with van der Waals surface area (Å²) in [5, 5.41) is 9.31. The van der Waals surface area contributed by atoms with Crippen LogP contribution in [0.25, 0.3) is 0 Å². The molecule has 0 aromatic rings. The second kappa shape index (κ2) is 4.36. The Bertz CT molecular complexity index is 269. The van der Waals surface area contributed by atoms with Crippen molar-refractivity contribution in [1.29, 1.82) is 0 Å². The maximum absolute atomic E-state index is 11.3. The first-order valence-electron chi connectivity index (χ1n) is 6.53. The molecule has 0 bridgehead atoms. The van der Waals surface area contributed by atoms with Crippen LogP contribution >= 0.6 is 0 Å². The maximum atomic E-state index is 11.3. The first-order valence-corrected chi connectivity index (χ1v) is 6.53. The van der Waals surface area contributed by atoms with Crippen LogP contribution in [0.3, 0.4) is 0 Å². The number of nitrogens with zero attached hydrogens (tertiary/aromatic N) is 1. The van der Waals surface area contributed by atoms with Crippen molar-refractivity contribution >= 4 is 5.97 Å². The van der Waals surface area contributed by atoms with Crippen molar-refractivity contribution in [3.05, 3.63) is 0 Å². The number of aliphatic carboxylic acids is 1. The molecule has 1 heterocycles. The van der Waals surface area contributed by atoms with Crippen LogP contribution in [0.1, 0.15) is 52.4 Å². The van der Waals surface area contributed by atoms with Gasteiger partial charge in [0.05, 0.1) is 5.92 Å². The molecule has 1 atom stereocenters. The lowest BCUT2D eigenvalue weighted by Crippen LogP contribution is -2.58. The smallest absolute Gasteiger partial charge is 0.308 e. The van der Waals surface area contributed by atoms with E-state index in [0.29, 0.717) is 6.04 Å². The lowest BCUT2D eigenvalue weighted by atomic mass is 9.78. The molecule has 0 spiro atoms. The molecule has 0 amide bonds. The lowest BCUT2D eigenvalue weighted by molar-refractivity contribution is -0.151. The SMILES string of the molecule is CC1(C)C(C(=O)O)CCCN1C1CCCC1. The monoisotopic (exact) mass is 225 g/mol. The third kappa shape index (κ3) is 1.97. The molecule has 1 saturated carbocycles. The normalized spacial score (nSPS) is 31.8. The van der Waals surface area contributed by atoms with Gasteiger partial charge in [0.2, 0.25) is 0 Å². The standard InChI is InChI=1S/C13H23NO2/c1-13(2)11(12(15)16)8-5-9-14(13)10-6-3-4-7-10/h10-11H,3-9H2,1-2H3,(H,15,16). The second-order valence-electron chi connectivity index (χ2n) is 5.82. The van der Waals surface area contributed by atoms with Crippen LogP contribution in [0.4, 0.5) is 0 Å². The molecule has 3 heteroatoms. The summed E-state index contributed by atoms with van der Waals surface area (Å²) in [5.41, 5.74) is -0.168. The molecule has 0 radical (unpaired) electrons. The van der Waals surface area contributed by atoms with Crippen molar-refractivity contribution < 1.29 is 9.90 Å². The highest BCUT2D eigenvalue weighted by Crippen LogP contribution is 2.38. The molecule has 1 aliphatic heterocycles. The van der Waals surface area contributed by atoms with Gasteiger partial charge in [0.15, 0.2) is 0 Å². The second-order valence-corrected chi connectivity index (χ2v) is 5.82. The van der Waals surface area contributed by atoms with Crippen LogP contribution in [-0.4, -0.2) is 34.1 Å². The molecule has 2 aliphatic rings. The van der Waals surface area contributed by atoms with Gasteiger partial charge in [-0.3, -0.25) is 9.69 Å².